The van der Waals surface area contributed by atoms with Gasteiger partial charge in [-0.1, -0.05) is 26.7 Å². The van der Waals surface area contributed by atoms with Crippen molar-refractivity contribution >= 4 is 27.3 Å². The number of hydrogen-bond donors (Lipinski definition) is 1. The van der Waals surface area contributed by atoms with Crippen LogP contribution in [0.1, 0.15) is 44.4 Å². The van der Waals surface area contributed by atoms with Gasteiger partial charge in [0.2, 0.25) is 0 Å². The summed E-state index contributed by atoms with van der Waals surface area (Å²) in [6.45, 7) is 5.76. The molecule has 1 heterocycles. The first-order chi connectivity index (χ1) is 8.15. The first-order valence-corrected chi connectivity index (χ1v) is 8.23. The van der Waals surface area contributed by atoms with Crippen molar-refractivity contribution in [3.8, 4) is 0 Å². The Bertz CT molecular complexity index is 348. The highest BCUT2D eigenvalue weighted by molar-refractivity contribution is 9.11. The molecule has 0 aliphatic heterocycles. The second-order valence-electron chi connectivity index (χ2n) is 5.45. The van der Waals surface area contributed by atoms with Gasteiger partial charge in [0.1, 0.15) is 0 Å². The van der Waals surface area contributed by atoms with E-state index in [1.165, 1.54) is 34.3 Å². The summed E-state index contributed by atoms with van der Waals surface area (Å²) < 4.78 is 1.23. The maximum absolute atomic E-state index is 3.73. The van der Waals surface area contributed by atoms with Gasteiger partial charge in [0.05, 0.1) is 3.79 Å². The molecule has 1 aromatic heterocycles. The second kappa shape index (κ2) is 6.35. The van der Waals surface area contributed by atoms with E-state index in [1.807, 2.05) is 11.3 Å². The molecule has 0 spiro atoms. The molecule has 1 fully saturated rings. The maximum Gasteiger partial charge on any atom is 0.0701 e. The Labute approximate surface area is 117 Å². The minimum atomic E-state index is 0.733. The average molecular weight is 316 g/mol. The van der Waals surface area contributed by atoms with Crippen molar-refractivity contribution in [2.24, 2.45) is 11.8 Å². The zero-order valence-electron chi connectivity index (χ0n) is 10.7. The van der Waals surface area contributed by atoms with Crippen LogP contribution in [-0.2, 0) is 6.54 Å². The van der Waals surface area contributed by atoms with Crippen LogP contribution in [0.15, 0.2) is 15.9 Å². The summed E-state index contributed by atoms with van der Waals surface area (Å²) in [5.74, 6) is 1.77. The number of thiophene rings is 1. The van der Waals surface area contributed by atoms with Crippen molar-refractivity contribution in [2.45, 2.75) is 52.1 Å². The number of nitrogens with one attached hydrogen (secondary N) is 1. The lowest BCUT2D eigenvalue weighted by Crippen LogP contribution is -2.34. The summed E-state index contributed by atoms with van der Waals surface area (Å²) >= 11 is 5.36. The Morgan fingerprint density at radius 2 is 2.24 bits per heavy atom. The molecule has 3 heteroatoms. The molecular formula is C14H22BrNS. The Morgan fingerprint density at radius 3 is 2.88 bits per heavy atom. The molecule has 1 N–H and O–H groups in total. The van der Waals surface area contributed by atoms with E-state index in [4.69, 9.17) is 0 Å². The fourth-order valence-corrected chi connectivity index (χ4v) is 4.14. The zero-order chi connectivity index (χ0) is 12.3. The van der Waals surface area contributed by atoms with Gasteiger partial charge in [-0.2, -0.15) is 0 Å². The summed E-state index contributed by atoms with van der Waals surface area (Å²) in [4.78, 5) is 1.43. The maximum atomic E-state index is 3.73. The molecule has 2 unspecified atom stereocenters. The lowest BCUT2D eigenvalue weighted by Gasteiger charge is -2.32. The summed E-state index contributed by atoms with van der Waals surface area (Å²) in [5.41, 5.74) is 0. The molecule has 2 atom stereocenters. The highest BCUT2D eigenvalue weighted by Crippen LogP contribution is 2.30. The second-order valence-corrected chi connectivity index (χ2v) is 8.00. The van der Waals surface area contributed by atoms with Crippen molar-refractivity contribution in [1.82, 2.24) is 5.32 Å². The summed E-state index contributed by atoms with van der Waals surface area (Å²) in [7, 11) is 0. The number of rotatable bonds is 4. The molecule has 1 nitrogen and oxygen atoms in total. The van der Waals surface area contributed by atoms with Crippen LogP contribution in [0.5, 0.6) is 0 Å². The van der Waals surface area contributed by atoms with E-state index in [-0.39, 0.29) is 0 Å². The van der Waals surface area contributed by atoms with Crippen molar-refractivity contribution in [3.63, 3.8) is 0 Å². The highest BCUT2D eigenvalue weighted by Gasteiger charge is 2.23. The van der Waals surface area contributed by atoms with Crippen LogP contribution in [0.25, 0.3) is 0 Å². The summed E-state index contributed by atoms with van der Waals surface area (Å²) in [6, 6.07) is 5.08. The van der Waals surface area contributed by atoms with E-state index in [1.54, 1.807) is 0 Å². The largest absolute Gasteiger partial charge is 0.309 e. The van der Waals surface area contributed by atoms with Crippen molar-refractivity contribution in [3.05, 3.63) is 20.8 Å². The monoisotopic (exact) mass is 315 g/mol. The average Bonchev–Trinajstić information content (AvgIpc) is 2.73. The number of hydrogen-bond acceptors (Lipinski definition) is 2. The normalized spacial score (nSPS) is 25.4. The third-order valence-corrected chi connectivity index (χ3v) is 5.48. The molecule has 0 aromatic carbocycles. The molecule has 1 aliphatic carbocycles. The molecular weight excluding hydrogens is 294 g/mol. The Hall–Kier alpha value is 0.140. The van der Waals surface area contributed by atoms with Crippen LogP contribution >= 0.6 is 27.3 Å². The quantitative estimate of drug-likeness (QED) is 0.840. The minimum Gasteiger partial charge on any atom is -0.309 e. The van der Waals surface area contributed by atoms with Crippen molar-refractivity contribution in [2.75, 3.05) is 0 Å². The lowest BCUT2D eigenvalue weighted by atomic mass is 9.79. The molecule has 0 bridgehead atoms. The van der Waals surface area contributed by atoms with Crippen LogP contribution in [0, 0.1) is 11.8 Å². The topological polar surface area (TPSA) is 12.0 Å². The highest BCUT2D eigenvalue weighted by atomic mass is 79.9. The molecule has 96 valence electrons. The standard InChI is InChI=1S/C14H22BrNS/c1-10(2)11-4-3-5-12(8-11)16-9-13-6-7-14(15)17-13/h6-7,10-12,16H,3-5,8-9H2,1-2H3. The molecule has 17 heavy (non-hydrogen) atoms. The number of halogens is 1. The van der Waals surface area contributed by atoms with Gasteiger partial charge < -0.3 is 5.32 Å². The van der Waals surface area contributed by atoms with Crippen LogP contribution in [0.4, 0.5) is 0 Å². The Morgan fingerprint density at radius 1 is 1.41 bits per heavy atom. The predicted octanol–water partition coefficient (Wildman–Crippen LogP) is 4.82. The Balaban J connectivity index is 1.79. The third-order valence-electron chi connectivity index (χ3n) is 3.85. The fourth-order valence-electron chi connectivity index (χ4n) is 2.71. The SMILES string of the molecule is CC(C)C1CCCC(NCc2ccc(Br)s2)C1. The first-order valence-electron chi connectivity index (χ1n) is 6.62. The molecule has 1 aliphatic rings. The van der Waals surface area contributed by atoms with Gasteiger partial charge in [-0.05, 0) is 52.7 Å². The van der Waals surface area contributed by atoms with E-state index in [2.05, 4.69) is 47.2 Å². The fraction of sp³-hybridized carbons (Fsp3) is 0.714. The summed E-state index contributed by atoms with van der Waals surface area (Å²) in [6.07, 6.45) is 5.55. The summed E-state index contributed by atoms with van der Waals surface area (Å²) in [5, 5.41) is 3.73. The van der Waals surface area contributed by atoms with Crippen LogP contribution < -0.4 is 5.32 Å². The van der Waals surface area contributed by atoms with Gasteiger partial charge in [-0.15, -0.1) is 11.3 Å². The lowest BCUT2D eigenvalue weighted by molar-refractivity contribution is 0.231. The molecule has 2 rings (SSSR count). The minimum absolute atomic E-state index is 0.733. The van der Waals surface area contributed by atoms with Crippen LogP contribution in [0.3, 0.4) is 0 Å². The predicted molar refractivity (Wildman–Crippen MR) is 79.4 cm³/mol. The third kappa shape index (κ3) is 4.08. The van der Waals surface area contributed by atoms with E-state index in [0.29, 0.717) is 0 Å². The van der Waals surface area contributed by atoms with Gasteiger partial charge in [0.25, 0.3) is 0 Å². The van der Waals surface area contributed by atoms with E-state index in [0.717, 1.165) is 24.4 Å². The molecule has 0 radical (unpaired) electrons. The molecule has 0 amide bonds. The van der Waals surface area contributed by atoms with Gasteiger partial charge in [-0.3, -0.25) is 0 Å². The van der Waals surface area contributed by atoms with Crippen LogP contribution in [0.2, 0.25) is 0 Å². The molecule has 1 saturated carbocycles. The van der Waals surface area contributed by atoms with Gasteiger partial charge >= 0.3 is 0 Å². The van der Waals surface area contributed by atoms with Gasteiger partial charge in [-0.25, -0.2) is 0 Å². The molecule has 1 aromatic rings. The first kappa shape index (κ1) is 13.6. The smallest absolute Gasteiger partial charge is 0.0701 e. The van der Waals surface area contributed by atoms with E-state index < -0.39 is 0 Å². The molecule has 0 saturated heterocycles. The van der Waals surface area contributed by atoms with Gasteiger partial charge in [0, 0.05) is 17.5 Å². The zero-order valence-corrected chi connectivity index (χ0v) is 13.1. The van der Waals surface area contributed by atoms with Crippen LogP contribution in [-0.4, -0.2) is 6.04 Å². The van der Waals surface area contributed by atoms with Crippen molar-refractivity contribution < 1.29 is 0 Å². The van der Waals surface area contributed by atoms with E-state index in [9.17, 15) is 0 Å². The Kier molecular flexibility index (Phi) is 5.07. The van der Waals surface area contributed by atoms with Gasteiger partial charge in [0.15, 0.2) is 0 Å². The van der Waals surface area contributed by atoms with Crippen molar-refractivity contribution in [1.29, 1.82) is 0 Å². The van der Waals surface area contributed by atoms with E-state index >= 15 is 0 Å².